The number of allylic oxidation sites excluding steroid dienone is 1. The molecule has 1 aromatic carbocycles. The maximum absolute atomic E-state index is 12.5. The summed E-state index contributed by atoms with van der Waals surface area (Å²) in [6, 6.07) is 6.91. The minimum Gasteiger partial charge on any atom is -0.494 e. The average Bonchev–Trinajstić information content (AvgIpc) is 2.72. The quantitative estimate of drug-likeness (QED) is 0.500. The van der Waals surface area contributed by atoms with Gasteiger partial charge in [0.2, 0.25) is 5.91 Å². The second-order valence-corrected chi connectivity index (χ2v) is 7.39. The van der Waals surface area contributed by atoms with E-state index in [1.807, 2.05) is 6.92 Å². The van der Waals surface area contributed by atoms with Crippen molar-refractivity contribution >= 4 is 23.5 Å². The number of benzene rings is 1. The Morgan fingerprint density at radius 1 is 1.10 bits per heavy atom. The van der Waals surface area contributed by atoms with Gasteiger partial charge in [-0.1, -0.05) is 6.07 Å². The Kier molecular flexibility index (Phi) is 6.71. The van der Waals surface area contributed by atoms with Gasteiger partial charge in [-0.3, -0.25) is 19.2 Å². The van der Waals surface area contributed by atoms with Crippen LogP contribution >= 0.6 is 0 Å². The fourth-order valence-corrected chi connectivity index (χ4v) is 3.61. The van der Waals surface area contributed by atoms with Crippen LogP contribution in [0.1, 0.15) is 49.4 Å². The summed E-state index contributed by atoms with van der Waals surface area (Å²) in [7, 11) is 0. The summed E-state index contributed by atoms with van der Waals surface area (Å²) < 4.78 is 5.43. The SMILES string of the molecule is CCOc1cccc(C(=O)NC2CCC(NC(=O)C3=C(N)C(=O)CC(=O)N3)CC2)c1. The van der Waals surface area contributed by atoms with Gasteiger partial charge in [0.25, 0.3) is 11.8 Å². The fraction of sp³-hybridized carbons (Fsp3) is 0.429. The molecule has 1 aliphatic heterocycles. The van der Waals surface area contributed by atoms with Gasteiger partial charge < -0.3 is 26.4 Å². The zero-order valence-corrected chi connectivity index (χ0v) is 16.8. The Hall–Kier alpha value is -3.36. The summed E-state index contributed by atoms with van der Waals surface area (Å²) in [4.78, 5) is 48.1. The summed E-state index contributed by atoms with van der Waals surface area (Å²) in [5.41, 5.74) is 5.79. The molecule has 0 spiro atoms. The van der Waals surface area contributed by atoms with E-state index in [-0.39, 0.29) is 35.8 Å². The van der Waals surface area contributed by atoms with Gasteiger partial charge in [0.15, 0.2) is 5.78 Å². The largest absolute Gasteiger partial charge is 0.494 e. The summed E-state index contributed by atoms with van der Waals surface area (Å²) in [5, 5.41) is 8.20. The van der Waals surface area contributed by atoms with Crippen LogP contribution in [0.25, 0.3) is 0 Å². The highest BCUT2D eigenvalue weighted by atomic mass is 16.5. The second-order valence-electron chi connectivity index (χ2n) is 7.39. The van der Waals surface area contributed by atoms with Crippen molar-refractivity contribution in [2.75, 3.05) is 6.61 Å². The molecule has 1 saturated carbocycles. The third-order valence-corrected chi connectivity index (χ3v) is 5.19. The number of hydrogen-bond donors (Lipinski definition) is 4. The molecule has 0 radical (unpaired) electrons. The molecule has 3 amide bonds. The first-order chi connectivity index (χ1) is 14.4. The molecular formula is C21H26N4O5. The zero-order chi connectivity index (χ0) is 21.7. The van der Waals surface area contributed by atoms with Gasteiger partial charge in [0, 0.05) is 17.6 Å². The van der Waals surface area contributed by atoms with Gasteiger partial charge in [-0.15, -0.1) is 0 Å². The van der Waals surface area contributed by atoms with E-state index in [0.717, 1.165) is 0 Å². The maximum atomic E-state index is 12.5. The summed E-state index contributed by atoms with van der Waals surface area (Å²) in [5.74, 6) is -1.17. The Bertz CT molecular complexity index is 887. The third-order valence-electron chi connectivity index (χ3n) is 5.19. The smallest absolute Gasteiger partial charge is 0.270 e. The van der Waals surface area contributed by atoms with Crippen LogP contribution in [0, 0.1) is 0 Å². The van der Waals surface area contributed by atoms with E-state index in [1.54, 1.807) is 24.3 Å². The number of carbonyl (C=O) groups is 4. The highest BCUT2D eigenvalue weighted by Crippen LogP contribution is 2.21. The van der Waals surface area contributed by atoms with E-state index in [9.17, 15) is 19.2 Å². The fourth-order valence-electron chi connectivity index (χ4n) is 3.61. The number of nitrogens with two attached hydrogens (primary N) is 1. The van der Waals surface area contributed by atoms with E-state index < -0.39 is 17.6 Å². The molecule has 0 bridgehead atoms. The van der Waals surface area contributed by atoms with Crippen molar-refractivity contribution < 1.29 is 23.9 Å². The van der Waals surface area contributed by atoms with Crippen LogP contribution in [0.15, 0.2) is 35.7 Å². The highest BCUT2D eigenvalue weighted by molar-refractivity contribution is 6.16. The molecule has 1 heterocycles. The second kappa shape index (κ2) is 9.43. The van der Waals surface area contributed by atoms with Crippen molar-refractivity contribution in [3.8, 4) is 5.75 Å². The molecule has 9 nitrogen and oxygen atoms in total. The van der Waals surface area contributed by atoms with E-state index in [4.69, 9.17) is 10.5 Å². The molecule has 1 aliphatic carbocycles. The number of rotatable bonds is 6. The molecule has 9 heteroatoms. The molecule has 0 aromatic heterocycles. The molecule has 2 aliphatic rings. The highest BCUT2D eigenvalue weighted by Gasteiger charge is 2.30. The molecule has 3 rings (SSSR count). The van der Waals surface area contributed by atoms with E-state index >= 15 is 0 Å². The lowest BCUT2D eigenvalue weighted by Crippen LogP contribution is -2.48. The summed E-state index contributed by atoms with van der Waals surface area (Å²) in [6.07, 6.45) is 2.36. The van der Waals surface area contributed by atoms with Gasteiger partial charge >= 0.3 is 0 Å². The maximum Gasteiger partial charge on any atom is 0.270 e. The minimum absolute atomic E-state index is 0.00153. The van der Waals surface area contributed by atoms with Crippen LogP contribution in [-0.2, 0) is 14.4 Å². The van der Waals surface area contributed by atoms with Crippen LogP contribution in [0.3, 0.4) is 0 Å². The van der Waals surface area contributed by atoms with Crippen LogP contribution in [0.5, 0.6) is 5.75 Å². The van der Waals surface area contributed by atoms with Crippen molar-refractivity contribution in [2.45, 2.75) is 51.1 Å². The molecule has 160 valence electrons. The van der Waals surface area contributed by atoms with E-state index in [0.29, 0.717) is 43.6 Å². The molecular weight excluding hydrogens is 388 g/mol. The number of hydrogen-bond acceptors (Lipinski definition) is 6. The van der Waals surface area contributed by atoms with Crippen LogP contribution in [0.4, 0.5) is 0 Å². The summed E-state index contributed by atoms with van der Waals surface area (Å²) >= 11 is 0. The normalized spacial score (nSPS) is 21.6. The number of amides is 3. The topological polar surface area (TPSA) is 140 Å². The number of ketones is 1. The van der Waals surface area contributed by atoms with Crippen LogP contribution < -0.4 is 26.4 Å². The number of carbonyl (C=O) groups excluding carboxylic acids is 4. The Morgan fingerprint density at radius 2 is 1.73 bits per heavy atom. The van der Waals surface area contributed by atoms with Crippen molar-refractivity contribution in [1.29, 1.82) is 0 Å². The van der Waals surface area contributed by atoms with Crippen LogP contribution in [-0.4, -0.2) is 42.2 Å². The lowest BCUT2D eigenvalue weighted by Gasteiger charge is -2.30. The van der Waals surface area contributed by atoms with Crippen molar-refractivity contribution in [2.24, 2.45) is 5.73 Å². The molecule has 0 saturated heterocycles. The first-order valence-electron chi connectivity index (χ1n) is 10.0. The minimum atomic E-state index is -0.561. The summed E-state index contributed by atoms with van der Waals surface area (Å²) in [6.45, 7) is 2.41. The van der Waals surface area contributed by atoms with Crippen molar-refractivity contribution in [3.05, 3.63) is 41.2 Å². The number of ether oxygens (including phenoxy) is 1. The standard InChI is InChI=1S/C21H26N4O5/c1-2-30-15-5-3-4-12(10-15)20(28)23-13-6-8-14(9-7-13)24-21(29)19-18(22)16(26)11-17(27)25-19/h3-5,10,13-14H,2,6-9,11,22H2,1H3,(H,23,28)(H,24,29)(H,25,27). The van der Waals surface area contributed by atoms with Crippen molar-refractivity contribution in [1.82, 2.24) is 16.0 Å². The van der Waals surface area contributed by atoms with Gasteiger partial charge in [-0.2, -0.15) is 0 Å². The van der Waals surface area contributed by atoms with Gasteiger partial charge in [0.05, 0.1) is 13.0 Å². The molecule has 0 atom stereocenters. The molecule has 1 aromatic rings. The Labute approximate surface area is 174 Å². The predicted octanol–water partition coefficient (Wildman–Crippen LogP) is 0.502. The monoisotopic (exact) mass is 414 g/mol. The molecule has 30 heavy (non-hydrogen) atoms. The van der Waals surface area contributed by atoms with E-state index in [2.05, 4.69) is 16.0 Å². The molecule has 5 N–H and O–H groups in total. The van der Waals surface area contributed by atoms with E-state index in [1.165, 1.54) is 0 Å². The number of nitrogens with one attached hydrogen (secondary N) is 3. The Balaban J connectivity index is 1.50. The lowest BCUT2D eigenvalue weighted by atomic mass is 9.90. The first-order valence-corrected chi connectivity index (χ1v) is 10.0. The average molecular weight is 414 g/mol. The molecule has 1 fully saturated rings. The molecule has 0 unspecified atom stereocenters. The first kappa shape index (κ1) is 21.4. The number of Topliss-reactive ketones (excluding diaryl/α,β-unsaturated/α-hetero) is 1. The Morgan fingerprint density at radius 3 is 2.37 bits per heavy atom. The van der Waals surface area contributed by atoms with Crippen molar-refractivity contribution in [3.63, 3.8) is 0 Å². The van der Waals surface area contributed by atoms with Gasteiger partial charge in [-0.25, -0.2) is 0 Å². The van der Waals surface area contributed by atoms with Gasteiger partial charge in [-0.05, 0) is 50.8 Å². The third kappa shape index (κ3) is 5.16. The lowest BCUT2D eigenvalue weighted by molar-refractivity contribution is -0.129. The van der Waals surface area contributed by atoms with Gasteiger partial charge in [0.1, 0.15) is 17.1 Å². The zero-order valence-electron chi connectivity index (χ0n) is 16.8. The van der Waals surface area contributed by atoms with Crippen LogP contribution in [0.2, 0.25) is 0 Å². The predicted molar refractivity (Wildman–Crippen MR) is 108 cm³/mol.